The first kappa shape index (κ1) is 28.5. The summed E-state index contributed by atoms with van der Waals surface area (Å²) < 4.78 is 93.6. The van der Waals surface area contributed by atoms with Gasteiger partial charge in [-0.2, -0.15) is 31.4 Å². The van der Waals surface area contributed by atoms with Gasteiger partial charge in [0, 0.05) is 37.1 Å². The van der Waals surface area contributed by atoms with E-state index in [1.54, 1.807) is 10.00 Å². The summed E-state index contributed by atoms with van der Waals surface area (Å²) in [5, 5.41) is 8.08. The molecule has 0 radical (unpaired) electrons. The van der Waals surface area contributed by atoms with Crippen LogP contribution in [-0.4, -0.2) is 50.1 Å². The second-order valence-electron chi connectivity index (χ2n) is 10.1. The normalized spacial score (nSPS) is 19.7. The van der Waals surface area contributed by atoms with Gasteiger partial charge in [0.25, 0.3) is 11.5 Å². The van der Waals surface area contributed by atoms with Crippen molar-refractivity contribution in [1.29, 1.82) is 0 Å². The summed E-state index contributed by atoms with van der Waals surface area (Å²) in [7, 11) is 0. The number of hydrogen-bond donors (Lipinski definition) is 2. The molecule has 2 atom stereocenters. The molecule has 1 aromatic carbocycles. The molecule has 0 bridgehead atoms. The lowest BCUT2D eigenvalue weighted by atomic mass is 9.84. The number of H-pyrrole nitrogens is 1. The van der Waals surface area contributed by atoms with E-state index in [9.17, 15) is 40.3 Å². The molecule has 5 rings (SSSR count). The van der Waals surface area contributed by atoms with Crippen LogP contribution in [0.15, 0.2) is 35.5 Å². The third-order valence-corrected chi connectivity index (χ3v) is 7.34. The van der Waals surface area contributed by atoms with Crippen LogP contribution in [-0.2, 0) is 18.8 Å². The zero-order valence-electron chi connectivity index (χ0n) is 21.2. The highest BCUT2D eigenvalue weighted by atomic mass is 19.4. The molecule has 15 heteroatoms. The topological polar surface area (TPSA) is 104 Å². The van der Waals surface area contributed by atoms with Crippen LogP contribution in [0.1, 0.15) is 52.7 Å². The molecule has 1 aliphatic carbocycles. The Balaban J connectivity index is 1.27. The summed E-state index contributed by atoms with van der Waals surface area (Å²) in [6.45, 7) is 0.608. The molecular weight excluding hydrogens is 561 g/mol. The van der Waals surface area contributed by atoms with Gasteiger partial charge in [-0.15, -0.1) is 0 Å². The Bertz CT molecular complexity index is 1500. The van der Waals surface area contributed by atoms with Crippen LogP contribution in [0.3, 0.4) is 0 Å². The first-order valence-corrected chi connectivity index (χ1v) is 12.7. The Morgan fingerprint density at radius 1 is 0.976 bits per heavy atom. The fourth-order valence-corrected chi connectivity index (χ4v) is 5.42. The van der Waals surface area contributed by atoms with E-state index in [-0.39, 0.29) is 28.9 Å². The molecule has 2 aromatic heterocycles. The predicted molar refractivity (Wildman–Crippen MR) is 131 cm³/mol. The molecule has 3 heterocycles. The fourth-order valence-electron chi connectivity index (χ4n) is 5.42. The van der Waals surface area contributed by atoms with Crippen LogP contribution in [0.25, 0.3) is 11.4 Å². The Kier molecular flexibility index (Phi) is 7.46. The number of halogens is 7. The molecule has 0 saturated heterocycles. The molecule has 8 nitrogen and oxygen atoms in total. The smallest absolute Gasteiger partial charge is 0.380 e. The molecule has 1 amide bonds. The molecule has 218 valence electrons. The molecular formula is C26H23F7N6O2. The minimum absolute atomic E-state index is 0.0549. The highest BCUT2D eigenvalue weighted by Gasteiger charge is 2.38. The first-order chi connectivity index (χ1) is 19.3. The molecule has 3 aromatic rings. The molecule has 1 fully saturated rings. The zero-order valence-corrected chi connectivity index (χ0v) is 21.2. The van der Waals surface area contributed by atoms with Crippen molar-refractivity contribution in [2.24, 2.45) is 5.92 Å². The van der Waals surface area contributed by atoms with Crippen molar-refractivity contribution < 1.29 is 35.5 Å². The average Bonchev–Trinajstić information content (AvgIpc) is 2.89. The number of hydrogen-bond acceptors (Lipinski definition) is 6. The van der Waals surface area contributed by atoms with E-state index in [0.29, 0.717) is 56.7 Å². The van der Waals surface area contributed by atoms with Crippen molar-refractivity contribution in [3.8, 4) is 11.4 Å². The number of aromatic amines is 1. The van der Waals surface area contributed by atoms with Gasteiger partial charge in [-0.25, -0.2) is 19.5 Å². The predicted octanol–water partition coefficient (Wildman–Crippen LogP) is 5.07. The molecule has 1 aliphatic heterocycles. The lowest BCUT2D eigenvalue weighted by Gasteiger charge is -2.36. The van der Waals surface area contributed by atoms with E-state index in [1.165, 1.54) is 6.07 Å². The Morgan fingerprint density at radius 2 is 1.71 bits per heavy atom. The molecule has 0 spiro atoms. The number of benzene rings is 1. The maximum atomic E-state index is 15.0. The van der Waals surface area contributed by atoms with Gasteiger partial charge in [0.15, 0.2) is 5.82 Å². The van der Waals surface area contributed by atoms with Crippen molar-refractivity contribution >= 4 is 11.6 Å². The van der Waals surface area contributed by atoms with Crippen LogP contribution in [0.4, 0.5) is 36.4 Å². The second kappa shape index (κ2) is 10.7. The maximum Gasteiger partial charge on any atom is 0.423 e. The zero-order chi connectivity index (χ0) is 29.5. The summed E-state index contributed by atoms with van der Waals surface area (Å²) in [4.78, 5) is 33.8. The van der Waals surface area contributed by atoms with Crippen molar-refractivity contribution in [2.45, 2.75) is 50.5 Å². The number of alkyl halides is 6. The van der Waals surface area contributed by atoms with Crippen molar-refractivity contribution in [2.75, 3.05) is 18.4 Å². The molecule has 1 saturated carbocycles. The van der Waals surface area contributed by atoms with Gasteiger partial charge in [-0.1, -0.05) is 6.42 Å². The van der Waals surface area contributed by atoms with Crippen LogP contribution in [0.2, 0.25) is 0 Å². The summed E-state index contributed by atoms with van der Waals surface area (Å²) in [5.74, 6) is -1.57. The minimum atomic E-state index is -4.87. The monoisotopic (exact) mass is 584 g/mol. The Labute approximate surface area is 228 Å². The SMILES string of the molecule is O=C1c2cc(F)c(-c3ncc(C(F)(F)F)cn3)cc2CCN1C[C@@H]1CCC[C@H](Nc2cn[nH]c(=O)c2C(F)(F)F)C1. The number of carbonyl (C=O) groups is 1. The largest absolute Gasteiger partial charge is 0.423 e. The minimum Gasteiger partial charge on any atom is -0.380 e. The molecule has 2 aliphatic rings. The van der Waals surface area contributed by atoms with Crippen LogP contribution in [0, 0.1) is 11.7 Å². The highest BCUT2D eigenvalue weighted by Crippen LogP contribution is 2.35. The molecule has 2 N–H and O–H groups in total. The van der Waals surface area contributed by atoms with E-state index < -0.39 is 46.5 Å². The number of aromatic nitrogens is 4. The summed E-state index contributed by atoms with van der Waals surface area (Å²) in [6.07, 6.45) is -4.66. The van der Waals surface area contributed by atoms with Crippen LogP contribution >= 0.6 is 0 Å². The highest BCUT2D eigenvalue weighted by molar-refractivity contribution is 5.97. The first-order valence-electron chi connectivity index (χ1n) is 12.7. The number of nitrogens with one attached hydrogen (secondary N) is 2. The van der Waals surface area contributed by atoms with Crippen molar-refractivity contribution in [3.63, 3.8) is 0 Å². The van der Waals surface area contributed by atoms with Gasteiger partial charge in [0.05, 0.1) is 23.0 Å². The van der Waals surface area contributed by atoms with E-state index in [2.05, 4.69) is 20.4 Å². The van der Waals surface area contributed by atoms with E-state index in [0.717, 1.165) is 18.7 Å². The van der Waals surface area contributed by atoms with Crippen LogP contribution in [0.5, 0.6) is 0 Å². The number of amides is 1. The van der Waals surface area contributed by atoms with E-state index in [1.807, 2.05) is 0 Å². The lowest BCUT2D eigenvalue weighted by molar-refractivity contribution is -0.139. The van der Waals surface area contributed by atoms with Gasteiger partial charge < -0.3 is 10.2 Å². The molecule has 0 unspecified atom stereocenters. The van der Waals surface area contributed by atoms with Gasteiger partial charge in [0.1, 0.15) is 11.4 Å². The number of carbonyl (C=O) groups excluding carboxylic acids is 1. The molecule has 41 heavy (non-hydrogen) atoms. The van der Waals surface area contributed by atoms with E-state index >= 15 is 0 Å². The third kappa shape index (κ3) is 6.03. The lowest BCUT2D eigenvalue weighted by Crippen LogP contribution is -2.42. The number of rotatable bonds is 5. The number of nitrogens with zero attached hydrogens (tertiary/aromatic N) is 4. The van der Waals surface area contributed by atoms with Gasteiger partial charge in [-0.3, -0.25) is 9.59 Å². The quantitative estimate of drug-likeness (QED) is 0.406. The maximum absolute atomic E-state index is 15.0. The standard InChI is InChI=1S/C26H23F7N6O2/c27-19-8-17-14(7-18(19)22-34-9-15(10-35-22)25(28,29)30)4-5-39(24(17)41)12-13-2-1-3-16(6-13)37-20-11-36-38-23(40)21(20)26(31,32)33/h7-11,13,16H,1-6,12H2,(H2,37,38,40)/t13-,16+/m1/s1. The summed E-state index contributed by atoms with van der Waals surface area (Å²) >= 11 is 0. The second-order valence-corrected chi connectivity index (χ2v) is 10.1. The van der Waals surface area contributed by atoms with Crippen molar-refractivity contribution in [1.82, 2.24) is 25.1 Å². The van der Waals surface area contributed by atoms with Gasteiger partial charge in [-0.05, 0) is 49.3 Å². The van der Waals surface area contributed by atoms with Crippen LogP contribution < -0.4 is 10.9 Å². The third-order valence-electron chi connectivity index (χ3n) is 7.34. The Hall–Kier alpha value is -4.04. The average molecular weight is 584 g/mol. The number of anilines is 1. The fraction of sp³-hybridized carbons (Fsp3) is 0.423. The van der Waals surface area contributed by atoms with Gasteiger partial charge >= 0.3 is 12.4 Å². The summed E-state index contributed by atoms with van der Waals surface area (Å²) in [6, 6.07) is 2.02. The summed E-state index contributed by atoms with van der Waals surface area (Å²) in [5.41, 5.74) is -3.64. The van der Waals surface area contributed by atoms with E-state index in [4.69, 9.17) is 0 Å². The van der Waals surface area contributed by atoms with Gasteiger partial charge in [0.2, 0.25) is 0 Å². The van der Waals surface area contributed by atoms with Crippen molar-refractivity contribution in [3.05, 3.63) is 69.1 Å². The Morgan fingerprint density at radius 3 is 2.39 bits per heavy atom. The number of fused-ring (bicyclic) bond motifs is 1.